The quantitative estimate of drug-likeness (QED) is 0.896. The van der Waals surface area contributed by atoms with E-state index in [9.17, 15) is 13.2 Å². The van der Waals surface area contributed by atoms with Gasteiger partial charge >= 0.3 is 6.61 Å². The number of likely N-dealkylation sites (tertiary alicyclic amines) is 1. The van der Waals surface area contributed by atoms with Gasteiger partial charge < -0.3 is 10.5 Å². The molecule has 2 aromatic rings. The molecule has 1 fully saturated rings. The summed E-state index contributed by atoms with van der Waals surface area (Å²) in [6.07, 6.45) is 5.13. The number of nitrogens with two attached hydrogens (primary N) is 1. The molecule has 134 valence electrons. The molecule has 8 heteroatoms. The molecule has 1 aromatic heterocycles. The fourth-order valence-corrected chi connectivity index (χ4v) is 2.78. The zero-order valence-corrected chi connectivity index (χ0v) is 13.5. The number of alkyl halides is 2. The number of benzene rings is 1. The van der Waals surface area contributed by atoms with Crippen LogP contribution in [0.15, 0.2) is 30.6 Å². The van der Waals surface area contributed by atoms with Gasteiger partial charge in [0.1, 0.15) is 0 Å². The predicted octanol–water partition coefficient (Wildman–Crippen LogP) is 2.81. The number of aromatic nitrogens is 2. The van der Waals surface area contributed by atoms with Crippen molar-refractivity contribution in [2.75, 3.05) is 13.1 Å². The van der Waals surface area contributed by atoms with Gasteiger partial charge in [-0.15, -0.1) is 0 Å². The lowest BCUT2D eigenvalue weighted by atomic mass is 10.1. The first-order valence-corrected chi connectivity index (χ1v) is 8.05. The lowest BCUT2D eigenvalue weighted by Gasteiger charge is -2.29. The van der Waals surface area contributed by atoms with Gasteiger partial charge in [-0.3, -0.25) is 14.9 Å². The van der Waals surface area contributed by atoms with Gasteiger partial charge in [0.25, 0.3) is 0 Å². The van der Waals surface area contributed by atoms with Crippen molar-refractivity contribution in [1.29, 1.82) is 0 Å². The van der Waals surface area contributed by atoms with Gasteiger partial charge in [0.2, 0.25) is 0 Å². The minimum absolute atomic E-state index is 0.275. The lowest BCUT2D eigenvalue weighted by Crippen LogP contribution is -2.39. The molecule has 0 aliphatic carbocycles. The molecule has 1 aliphatic rings. The molecule has 0 radical (unpaired) electrons. The van der Waals surface area contributed by atoms with E-state index in [0.29, 0.717) is 17.8 Å². The maximum absolute atomic E-state index is 13.8. The molecule has 0 spiro atoms. The number of halogens is 3. The molecule has 1 aromatic carbocycles. The van der Waals surface area contributed by atoms with E-state index in [1.807, 2.05) is 0 Å². The van der Waals surface area contributed by atoms with Crippen LogP contribution in [0.3, 0.4) is 0 Å². The molecular weight excluding hydrogens is 333 g/mol. The Kier molecular flexibility index (Phi) is 5.50. The minimum Gasteiger partial charge on any atom is -0.432 e. The van der Waals surface area contributed by atoms with Crippen LogP contribution in [0, 0.1) is 5.82 Å². The van der Waals surface area contributed by atoms with E-state index in [-0.39, 0.29) is 6.04 Å². The molecule has 3 rings (SSSR count). The monoisotopic (exact) mass is 352 g/mol. The normalized spacial score (nSPS) is 16.4. The number of hydrogen-bond donors (Lipinski definition) is 1. The van der Waals surface area contributed by atoms with E-state index in [0.717, 1.165) is 43.8 Å². The van der Waals surface area contributed by atoms with Crippen molar-refractivity contribution in [3.05, 3.63) is 42.1 Å². The summed E-state index contributed by atoms with van der Waals surface area (Å²) < 4.78 is 42.2. The van der Waals surface area contributed by atoms with Crippen LogP contribution in [0.5, 0.6) is 5.75 Å². The van der Waals surface area contributed by atoms with Crippen molar-refractivity contribution in [3.63, 3.8) is 0 Å². The van der Waals surface area contributed by atoms with Crippen molar-refractivity contribution in [3.8, 4) is 17.0 Å². The number of piperidine rings is 1. The average Bonchev–Trinajstić information content (AvgIpc) is 2.59. The van der Waals surface area contributed by atoms with E-state index in [4.69, 9.17) is 5.73 Å². The summed E-state index contributed by atoms with van der Waals surface area (Å²) in [4.78, 5) is 10.9. The Morgan fingerprint density at radius 2 is 1.96 bits per heavy atom. The van der Waals surface area contributed by atoms with Gasteiger partial charge in [-0.1, -0.05) is 0 Å². The molecule has 2 N–H and O–H groups in total. The van der Waals surface area contributed by atoms with Crippen LogP contribution in [0.25, 0.3) is 11.3 Å². The van der Waals surface area contributed by atoms with Crippen LogP contribution in [-0.2, 0) is 6.54 Å². The molecule has 0 amide bonds. The largest absolute Gasteiger partial charge is 0.432 e. The number of ether oxygens (including phenoxy) is 1. The van der Waals surface area contributed by atoms with Crippen molar-refractivity contribution < 1.29 is 17.9 Å². The van der Waals surface area contributed by atoms with Crippen LogP contribution >= 0.6 is 0 Å². The molecule has 1 saturated heterocycles. The van der Waals surface area contributed by atoms with E-state index in [1.165, 1.54) is 6.07 Å². The summed E-state index contributed by atoms with van der Waals surface area (Å²) in [5.74, 6) is -1.36. The standard InChI is InChI=1S/C17H19F3N4O/c18-14-7-11(1-2-16(14)25-17(19)20)15-9-22-13(8-23-15)10-24-5-3-12(21)4-6-24/h1-2,7-9,12,17H,3-6,10,21H2. The highest BCUT2D eigenvalue weighted by molar-refractivity contribution is 5.59. The third-order valence-electron chi connectivity index (χ3n) is 4.17. The summed E-state index contributed by atoms with van der Waals surface area (Å²) in [5, 5.41) is 0. The molecule has 25 heavy (non-hydrogen) atoms. The molecule has 2 heterocycles. The van der Waals surface area contributed by atoms with Crippen LogP contribution in [-0.4, -0.2) is 40.6 Å². The SMILES string of the molecule is NC1CCN(Cc2cnc(-c3ccc(OC(F)F)c(F)c3)cn2)CC1. The van der Waals surface area contributed by atoms with Crippen molar-refractivity contribution in [2.24, 2.45) is 5.73 Å². The van der Waals surface area contributed by atoms with Gasteiger partial charge in [-0.2, -0.15) is 8.78 Å². The predicted molar refractivity (Wildman–Crippen MR) is 86.5 cm³/mol. The van der Waals surface area contributed by atoms with Gasteiger partial charge in [0.05, 0.1) is 23.8 Å². The first-order chi connectivity index (χ1) is 12.0. The Balaban J connectivity index is 1.66. The summed E-state index contributed by atoms with van der Waals surface area (Å²) in [5.41, 5.74) is 7.62. The third kappa shape index (κ3) is 4.67. The Morgan fingerprint density at radius 3 is 2.56 bits per heavy atom. The van der Waals surface area contributed by atoms with Gasteiger partial charge in [-0.25, -0.2) is 4.39 Å². The van der Waals surface area contributed by atoms with Crippen molar-refractivity contribution in [2.45, 2.75) is 32.0 Å². The first kappa shape index (κ1) is 17.6. The average molecular weight is 352 g/mol. The van der Waals surface area contributed by atoms with Crippen LogP contribution < -0.4 is 10.5 Å². The molecule has 1 aliphatic heterocycles. The summed E-state index contributed by atoms with van der Waals surface area (Å²) in [7, 11) is 0. The first-order valence-electron chi connectivity index (χ1n) is 8.05. The Bertz CT molecular complexity index is 704. The Hall–Kier alpha value is -2.19. The van der Waals surface area contributed by atoms with Gasteiger partial charge in [0.15, 0.2) is 11.6 Å². The second-order valence-corrected chi connectivity index (χ2v) is 6.03. The van der Waals surface area contributed by atoms with E-state index >= 15 is 0 Å². The van der Waals surface area contributed by atoms with E-state index in [2.05, 4.69) is 19.6 Å². The fourth-order valence-electron chi connectivity index (χ4n) is 2.78. The third-order valence-corrected chi connectivity index (χ3v) is 4.17. The van der Waals surface area contributed by atoms with Gasteiger partial charge in [0, 0.05) is 31.2 Å². The van der Waals surface area contributed by atoms with Crippen LogP contribution in [0.4, 0.5) is 13.2 Å². The number of rotatable bonds is 5. The summed E-state index contributed by atoms with van der Waals surface area (Å²) in [6.45, 7) is -0.512. The van der Waals surface area contributed by atoms with E-state index < -0.39 is 18.2 Å². The van der Waals surface area contributed by atoms with Crippen molar-refractivity contribution in [1.82, 2.24) is 14.9 Å². The van der Waals surface area contributed by atoms with Crippen molar-refractivity contribution >= 4 is 0 Å². The molecule has 0 saturated carbocycles. The molecule has 0 atom stereocenters. The highest BCUT2D eigenvalue weighted by atomic mass is 19.3. The zero-order valence-electron chi connectivity index (χ0n) is 13.5. The van der Waals surface area contributed by atoms with E-state index in [1.54, 1.807) is 12.4 Å². The van der Waals surface area contributed by atoms with Crippen LogP contribution in [0.1, 0.15) is 18.5 Å². The van der Waals surface area contributed by atoms with Gasteiger partial charge in [-0.05, 0) is 31.0 Å². The molecule has 0 unspecified atom stereocenters. The second-order valence-electron chi connectivity index (χ2n) is 6.03. The smallest absolute Gasteiger partial charge is 0.387 e. The second kappa shape index (κ2) is 7.79. The number of nitrogens with zero attached hydrogens (tertiary/aromatic N) is 3. The Labute approximate surface area is 143 Å². The Morgan fingerprint density at radius 1 is 1.20 bits per heavy atom. The fraction of sp³-hybridized carbons (Fsp3) is 0.412. The molecule has 0 bridgehead atoms. The molecule has 5 nitrogen and oxygen atoms in total. The summed E-state index contributed by atoms with van der Waals surface area (Å²) in [6, 6.07) is 4.00. The lowest BCUT2D eigenvalue weighted by molar-refractivity contribution is -0.0521. The maximum Gasteiger partial charge on any atom is 0.387 e. The van der Waals surface area contributed by atoms with Crippen LogP contribution in [0.2, 0.25) is 0 Å². The minimum atomic E-state index is -3.07. The highest BCUT2D eigenvalue weighted by Gasteiger charge is 2.17. The highest BCUT2D eigenvalue weighted by Crippen LogP contribution is 2.25. The number of hydrogen-bond acceptors (Lipinski definition) is 5. The topological polar surface area (TPSA) is 64.3 Å². The summed E-state index contributed by atoms with van der Waals surface area (Å²) >= 11 is 0. The zero-order chi connectivity index (χ0) is 17.8. The molecular formula is C17H19F3N4O. The maximum atomic E-state index is 13.8.